The van der Waals surface area contributed by atoms with Gasteiger partial charge in [-0.1, -0.05) is 55.8 Å². The minimum absolute atomic E-state index is 0.332. The molecular formula is C26H23ClN2O3. The largest absolute Gasteiger partial charge is 0.489 e. The highest BCUT2D eigenvalue weighted by molar-refractivity contribution is 6.30. The molecule has 0 amide bonds. The Bertz CT molecular complexity index is 1140. The van der Waals surface area contributed by atoms with Crippen LogP contribution < -0.4 is 10.1 Å². The first-order chi connectivity index (χ1) is 15.4. The second kappa shape index (κ2) is 8.94. The maximum absolute atomic E-state index is 12.9. The molecule has 1 fully saturated rings. The molecule has 5 nitrogen and oxygen atoms in total. The topological polar surface area (TPSA) is 71.3 Å². The van der Waals surface area contributed by atoms with Crippen molar-refractivity contribution in [3.8, 4) is 11.8 Å². The minimum atomic E-state index is -1.01. The number of carbonyl (C=O) groups is 1. The average molecular weight is 447 g/mol. The van der Waals surface area contributed by atoms with E-state index in [-0.39, 0.29) is 6.10 Å². The summed E-state index contributed by atoms with van der Waals surface area (Å²) in [6.45, 7) is 3.90. The van der Waals surface area contributed by atoms with Gasteiger partial charge in [-0.25, -0.2) is 0 Å². The quantitative estimate of drug-likeness (QED) is 0.431. The lowest BCUT2D eigenvalue weighted by molar-refractivity contribution is -0.149. The van der Waals surface area contributed by atoms with Crippen LogP contribution in [0.2, 0.25) is 5.02 Å². The third-order valence-corrected chi connectivity index (χ3v) is 5.91. The van der Waals surface area contributed by atoms with Crippen LogP contribution >= 0.6 is 11.6 Å². The Morgan fingerprint density at radius 3 is 2.41 bits per heavy atom. The van der Waals surface area contributed by atoms with Gasteiger partial charge < -0.3 is 14.8 Å². The highest BCUT2D eigenvalue weighted by Gasteiger charge is 2.65. The smallest absolute Gasteiger partial charge is 0.315 e. The van der Waals surface area contributed by atoms with Crippen molar-refractivity contribution >= 4 is 28.9 Å². The monoisotopic (exact) mass is 446 g/mol. The predicted molar refractivity (Wildman–Crippen MR) is 124 cm³/mol. The molecule has 0 aliphatic heterocycles. The number of benzene rings is 3. The molecule has 1 saturated carbocycles. The summed E-state index contributed by atoms with van der Waals surface area (Å²) in [7, 11) is 0. The first kappa shape index (κ1) is 21.7. The van der Waals surface area contributed by atoms with E-state index in [0.717, 1.165) is 11.4 Å². The molecule has 0 radical (unpaired) electrons. The summed E-state index contributed by atoms with van der Waals surface area (Å²) in [4.78, 5) is 12.9. The zero-order chi connectivity index (χ0) is 22.7. The number of rotatable bonds is 7. The van der Waals surface area contributed by atoms with Crippen molar-refractivity contribution < 1.29 is 14.3 Å². The van der Waals surface area contributed by atoms with Gasteiger partial charge in [0.1, 0.15) is 23.8 Å². The van der Waals surface area contributed by atoms with Crippen LogP contribution in [0.4, 0.5) is 11.4 Å². The van der Waals surface area contributed by atoms with E-state index in [9.17, 15) is 10.1 Å². The number of ether oxygens (including phenoxy) is 2. The molecule has 0 heterocycles. The number of nitrogens with one attached hydrogen (secondary N) is 1. The maximum Gasteiger partial charge on any atom is 0.315 e. The van der Waals surface area contributed by atoms with Crippen LogP contribution in [0.5, 0.6) is 5.75 Å². The van der Waals surface area contributed by atoms with Crippen LogP contribution in [-0.2, 0) is 9.53 Å². The maximum atomic E-state index is 12.9. The van der Waals surface area contributed by atoms with E-state index in [1.54, 1.807) is 30.3 Å². The number of hydrogen-bond donors (Lipinski definition) is 1. The van der Waals surface area contributed by atoms with Gasteiger partial charge in [0.2, 0.25) is 6.10 Å². The van der Waals surface area contributed by atoms with Crippen molar-refractivity contribution in [3.63, 3.8) is 0 Å². The molecule has 0 aromatic heterocycles. The molecule has 1 N–H and O–H groups in total. The number of anilines is 2. The zero-order valence-corrected chi connectivity index (χ0v) is 18.5. The standard InChI is InChI=1S/C26H23ClN2O3/c1-26(2)23(24(26)31-21-13-11-18(27)12-14-21)25(30)32-22(16-28)17-7-6-10-20(15-17)29-19-8-4-3-5-9-19/h3-15,22-24,29H,1-2H3. The van der Waals surface area contributed by atoms with Crippen LogP contribution in [0.25, 0.3) is 0 Å². The molecule has 1 aliphatic carbocycles. The highest BCUT2D eigenvalue weighted by atomic mass is 35.5. The fourth-order valence-electron chi connectivity index (χ4n) is 3.72. The normalized spacial score (nSPS) is 19.3. The van der Waals surface area contributed by atoms with Crippen LogP contribution in [0.3, 0.4) is 0 Å². The van der Waals surface area contributed by atoms with Gasteiger partial charge in [0, 0.05) is 27.4 Å². The third-order valence-electron chi connectivity index (χ3n) is 5.66. The molecule has 32 heavy (non-hydrogen) atoms. The summed E-state index contributed by atoms with van der Waals surface area (Å²) in [6, 6.07) is 26.1. The molecule has 0 saturated heterocycles. The molecule has 6 heteroatoms. The van der Waals surface area contributed by atoms with Crippen molar-refractivity contribution in [2.75, 3.05) is 5.32 Å². The molecule has 3 aromatic rings. The lowest BCUT2D eigenvalue weighted by Crippen LogP contribution is -2.16. The average Bonchev–Trinajstić information content (AvgIpc) is 3.34. The summed E-state index contributed by atoms with van der Waals surface area (Å²) in [6.07, 6.45) is -1.34. The van der Waals surface area contributed by atoms with E-state index in [4.69, 9.17) is 21.1 Å². The Morgan fingerprint density at radius 1 is 1.03 bits per heavy atom. The summed E-state index contributed by atoms with van der Waals surface area (Å²) in [5.41, 5.74) is 1.95. The Hall–Kier alpha value is -3.49. The molecule has 3 aromatic carbocycles. The van der Waals surface area contributed by atoms with E-state index in [2.05, 4.69) is 11.4 Å². The van der Waals surface area contributed by atoms with Gasteiger partial charge in [-0.2, -0.15) is 5.26 Å². The zero-order valence-electron chi connectivity index (χ0n) is 17.8. The van der Waals surface area contributed by atoms with Gasteiger partial charge in [-0.05, 0) is 48.5 Å². The Labute approximate surface area is 192 Å². The molecule has 3 atom stereocenters. The Kier molecular flexibility index (Phi) is 6.07. The SMILES string of the molecule is CC1(C)C(Oc2ccc(Cl)cc2)C1C(=O)OC(C#N)c1cccc(Nc2ccccc2)c1. The molecule has 0 spiro atoms. The molecule has 162 valence electrons. The highest BCUT2D eigenvalue weighted by Crippen LogP contribution is 2.55. The summed E-state index contributed by atoms with van der Waals surface area (Å²) < 4.78 is 11.6. The van der Waals surface area contributed by atoms with Crippen molar-refractivity contribution in [1.82, 2.24) is 0 Å². The fraction of sp³-hybridized carbons (Fsp3) is 0.231. The number of hydrogen-bond acceptors (Lipinski definition) is 5. The van der Waals surface area contributed by atoms with Crippen molar-refractivity contribution in [2.24, 2.45) is 11.3 Å². The van der Waals surface area contributed by atoms with Crippen molar-refractivity contribution in [2.45, 2.75) is 26.1 Å². The van der Waals surface area contributed by atoms with Crippen molar-refractivity contribution in [3.05, 3.63) is 89.4 Å². The number of para-hydroxylation sites is 1. The number of nitrogens with zero attached hydrogens (tertiary/aromatic N) is 1. The number of nitriles is 1. The van der Waals surface area contributed by atoms with Crippen LogP contribution in [0.15, 0.2) is 78.9 Å². The van der Waals surface area contributed by atoms with Gasteiger partial charge in [-0.15, -0.1) is 0 Å². The second-order valence-corrected chi connectivity index (χ2v) is 8.79. The summed E-state index contributed by atoms with van der Waals surface area (Å²) in [5, 5.41) is 13.6. The van der Waals surface area contributed by atoms with Gasteiger partial charge in [0.15, 0.2) is 0 Å². The lowest BCUT2D eigenvalue weighted by Gasteiger charge is -2.14. The van der Waals surface area contributed by atoms with E-state index in [0.29, 0.717) is 16.3 Å². The van der Waals surface area contributed by atoms with Gasteiger partial charge in [0.05, 0.1) is 0 Å². The molecule has 3 unspecified atom stereocenters. The van der Waals surface area contributed by atoms with Crippen molar-refractivity contribution in [1.29, 1.82) is 5.26 Å². The van der Waals surface area contributed by atoms with Crippen LogP contribution in [0, 0.1) is 22.7 Å². The van der Waals surface area contributed by atoms with Crippen LogP contribution in [-0.4, -0.2) is 12.1 Å². The first-order valence-electron chi connectivity index (χ1n) is 10.3. The molecule has 0 bridgehead atoms. The van der Waals surface area contributed by atoms with E-state index < -0.39 is 23.4 Å². The molecule has 4 rings (SSSR count). The first-order valence-corrected chi connectivity index (χ1v) is 10.7. The number of esters is 1. The van der Waals surface area contributed by atoms with E-state index >= 15 is 0 Å². The second-order valence-electron chi connectivity index (χ2n) is 8.35. The van der Waals surface area contributed by atoms with Gasteiger partial charge in [0.25, 0.3) is 0 Å². The van der Waals surface area contributed by atoms with Gasteiger partial charge in [-0.3, -0.25) is 4.79 Å². The summed E-state index contributed by atoms with van der Waals surface area (Å²) >= 11 is 5.92. The lowest BCUT2D eigenvalue weighted by atomic mass is 10.1. The fourth-order valence-corrected chi connectivity index (χ4v) is 3.85. The Morgan fingerprint density at radius 2 is 1.72 bits per heavy atom. The number of carbonyl (C=O) groups excluding carboxylic acids is 1. The molecule has 1 aliphatic rings. The van der Waals surface area contributed by atoms with Crippen LogP contribution in [0.1, 0.15) is 25.5 Å². The third kappa shape index (κ3) is 4.71. The minimum Gasteiger partial charge on any atom is -0.489 e. The predicted octanol–water partition coefficient (Wildman–Crippen LogP) is 6.30. The number of halogens is 1. The van der Waals surface area contributed by atoms with Gasteiger partial charge >= 0.3 is 5.97 Å². The Balaban J connectivity index is 1.43. The summed E-state index contributed by atoms with van der Waals surface area (Å²) in [5.74, 6) is -0.263. The van der Waals surface area contributed by atoms with E-state index in [1.165, 1.54) is 0 Å². The van der Waals surface area contributed by atoms with E-state index in [1.807, 2.05) is 62.4 Å². The molecular weight excluding hydrogens is 424 g/mol.